The summed E-state index contributed by atoms with van der Waals surface area (Å²) in [5, 5.41) is 3.39. The van der Waals surface area contributed by atoms with Crippen LogP contribution in [0.15, 0.2) is 76.6 Å². The maximum atomic E-state index is 12.5. The van der Waals surface area contributed by atoms with Crippen LogP contribution in [0.4, 0.5) is 5.69 Å². The quantitative estimate of drug-likeness (QED) is 0.539. The monoisotopic (exact) mass is 427 g/mol. The van der Waals surface area contributed by atoms with E-state index in [1.165, 1.54) is 33.8 Å². The number of benzene rings is 3. The molecule has 1 fully saturated rings. The molecule has 0 bridgehead atoms. The van der Waals surface area contributed by atoms with Crippen LogP contribution in [-0.4, -0.2) is 42.2 Å². The van der Waals surface area contributed by atoms with Crippen molar-refractivity contribution in [3.05, 3.63) is 82.8 Å². The molecule has 0 atom stereocenters. The molecule has 3 aromatic carbocycles. The number of nitrogens with zero attached hydrogens (tertiary/aromatic N) is 3. The topological polar surface area (TPSA) is 35.9 Å². The first-order chi connectivity index (χ1) is 15.2. The first kappa shape index (κ1) is 19.9. The summed E-state index contributed by atoms with van der Waals surface area (Å²) in [6, 6.07) is 23.4. The van der Waals surface area contributed by atoms with Gasteiger partial charge >= 0.3 is 0 Å². The highest BCUT2D eigenvalue weighted by atomic mass is 32.2. The second-order valence-electron chi connectivity index (χ2n) is 7.88. The highest BCUT2D eigenvalue weighted by Crippen LogP contribution is 2.32. The summed E-state index contributed by atoms with van der Waals surface area (Å²) >= 11 is 1.50. The fourth-order valence-corrected chi connectivity index (χ4v) is 5.12. The third kappa shape index (κ3) is 4.10. The number of aryl methyl sites for hydroxylation is 1. The lowest BCUT2D eigenvalue weighted by Crippen LogP contribution is -2.47. The predicted molar refractivity (Wildman–Crippen MR) is 132 cm³/mol. The van der Waals surface area contributed by atoms with Crippen molar-refractivity contribution in [2.75, 3.05) is 31.1 Å². The molecule has 5 rings (SSSR count). The van der Waals surface area contributed by atoms with Gasteiger partial charge in [0.05, 0.1) is 4.91 Å². The molecule has 0 spiro atoms. The molecule has 0 radical (unpaired) electrons. The Hall–Kier alpha value is -3.05. The molecule has 2 aliphatic rings. The predicted octanol–water partition coefficient (Wildman–Crippen LogP) is 5.19. The number of aliphatic imine (C=N–C) groups is 1. The van der Waals surface area contributed by atoms with E-state index < -0.39 is 0 Å². The van der Waals surface area contributed by atoms with Crippen molar-refractivity contribution in [1.82, 2.24) is 4.90 Å². The van der Waals surface area contributed by atoms with Crippen LogP contribution in [0, 0.1) is 0 Å². The van der Waals surface area contributed by atoms with Crippen LogP contribution in [0.1, 0.15) is 18.1 Å². The van der Waals surface area contributed by atoms with Crippen molar-refractivity contribution in [3.63, 3.8) is 0 Å². The average Bonchev–Trinajstić information content (AvgIpc) is 3.19. The Morgan fingerprint density at radius 3 is 2.39 bits per heavy atom. The molecule has 1 saturated heterocycles. The van der Waals surface area contributed by atoms with E-state index >= 15 is 0 Å². The number of piperazine rings is 1. The van der Waals surface area contributed by atoms with Gasteiger partial charge in [-0.2, -0.15) is 4.99 Å². The number of amides is 1. The van der Waals surface area contributed by atoms with Gasteiger partial charge in [-0.05, 0) is 46.8 Å². The number of fused-ring (bicyclic) bond motifs is 1. The average molecular weight is 428 g/mol. The number of hydrogen-bond donors (Lipinski definition) is 0. The lowest BCUT2D eigenvalue weighted by atomic mass is 10.1. The number of hydrogen-bond acceptors (Lipinski definition) is 4. The van der Waals surface area contributed by atoms with Crippen molar-refractivity contribution in [3.8, 4) is 0 Å². The zero-order valence-corrected chi connectivity index (χ0v) is 18.4. The van der Waals surface area contributed by atoms with Gasteiger partial charge in [-0.15, -0.1) is 0 Å². The molecule has 2 aliphatic heterocycles. The van der Waals surface area contributed by atoms with Crippen molar-refractivity contribution in [2.45, 2.75) is 13.3 Å². The van der Waals surface area contributed by atoms with Crippen LogP contribution >= 0.6 is 11.8 Å². The molecule has 0 aromatic heterocycles. The number of thioether (sulfide) groups is 1. The molecular weight excluding hydrogens is 402 g/mol. The molecule has 1 amide bonds. The second kappa shape index (κ2) is 8.60. The first-order valence-corrected chi connectivity index (χ1v) is 11.6. The third-order valence-corrected chi connectivity index (χ3v) is 7.00. The summed E-state index contributed by atoms with van der Waals surface area (Å²) < 4.78 is 0. The Morgan fingerprint density at radius 2 is 1.61 bits per heavy atom. The maximum Gasteiger partial charge on any atom is 0.286 e. The summed E-state index contributed by atoms with van der Waals surface area (Å²) in [5.74, 6) is -0.129. The summed E-state index contributed by atoms with van der Waals surface area (Å²) in [4.78, 5) is 22.2. The number of anilines is 1. The highest BCUT2D eigenvalue weighted by Gasteiger charge is 2.28. The van der Waals surface area contributed by atoms with E-state index in [1.807, 2.05) is 6.08 Å². The minimum absolute atomic E-state index is 0.129. The lowest BCUT2D eigenvalue weighted by Gasteiger charge is -2.37. The molecule has 3 aromatic rings. The lowest BCUT2D eigenvalue weighted by molar-refractivity contribution is -0.113. The van der Waals surface area contributed by atoms with Crippen molar-refractivity contribution < 1.29 is 4.79 Å². The van der Waals surface area contributed by atoms with Crippen molar-refractivity contribution in [2.24, 2.45) is 4.99 Å². The van der Waals surface area contributed by atoms with Crippen LogP contribution in [0.2, 0.25) is 0 Å². The standard InChI is InChI=1S/C26H25N3OS/c1-2-19-10-12-20(13-11-19)18-24-25(30)27-26(31-24)29-16-14-28(15-17-29)23-9-5-7-21-6-3-4-8-22(21)23/h3-13,18H,2,14-17H2,1H3. The normalized spacial score (nSPS) is 18.2. The zero-order chi connectivity index (χ0) is 21.2. The summed E-state index contributed by atoms with van der Waals surface area (Å²) in [7, 11) is 0. The fraction of sp³-hybridized carbons (Fsp3) is 0.231. The number of carbonyl (C=O) groups excluding carboxylic acids is 1. The van der Waals surface area contributed by atoms with Gasteiger partial charge in [-0.25, -0.2) is 0 Å². The van der Waals surface area contributed by atoms with E-state index in [-0.39, 0.29) is 5.91 Å². The summed E-state index contributed by atoms with van der Waals surface area (Å²) in [5.41, 5.74) is 3.63. The molecule has 0 unspecified atom stereocenters. The Morgan fingerprint density at radius 1 is 0.903 bits per heavy atom. The molecule has 31 heavy (non-hydrogen) atoms. The smallest absolute Gasteiger partial charge is 0.286 e. The largest absolute Gasteiger partial charge is 0.367 e. The van der Waals surface area contributed by atoms with Gasteiger partial charge in [-0.1, -0.05) is 67.6 Å². The zero-order valence-electron chi connectivity index (χ0n) is 17.6. The molecule has 0 aliphatic carbocycles. The van der Waals surface area contributed by atoms with Crippen LogP contribution < -0.4 is 4.90 Å². The fourth-order valence-electron chi connectivity index (χ4n) is 4.16. The van der Waals surface area contributed by atoms with Gasteiger partial charge in [0.25, 0.3) is 5.91 Å². The summed E-state index contributed by atoms with van der Waals surface area (Å²) in [6.07, 6.45) is 2.97. The van der Waals surface area contributed by atoms with Gasteiger partial charge in [0.15, 0.2) is 5.17 Å². The minimum atomic E-state index is -0.129. The SMILES string of the molecule is CCc1ccc(C=C2SC(N3CCN(c4cccc5ccccc45)CC3)=NC2=O)cc1. The van der Waals surface area contributed by atoms with Crippen LogP contribution in [0.25, 0.3) is 16.8 Å². The molecule has 4 nitrogen and oxygen atoms in total. The number of carbonyl (C=O) groups is 1. The Kier molecular flexibility index (Phi) is 5.51. The van der Waals surface area contributed by atoms with Crippen molar-refractivity contribution >= 4 is 45.4 Å². The minimum Gasteiger partial charge on any atom is -0.367 e. The van der Waals surface area contributed by atoms with Crippen LogP contribution in [0.3, 0.4) is 0 Å². The summed E-state index contributed by atoms with van der Waals surface area (Å²) in [6.45, 7) is 5.70. The van der Waals surface area contributed by atoms with Gasteiger partial charge < -0.3 is 9.80 Å². The highest BCUT2D eigenvalue weighted by molar-refractivity contribution is 8.18. The van der Waals surface area contributed by atoms with E-state index in [9.17, 15) is 4.79 Å². The molecular formula is C26H25N3OS. The molecule has 0 N–H and O–H groups in total. The second-order valence-corrected chi connectivity index (χ2v) is 8.89. The number of amidine groups is 1. The van der Waals surface area contributed by atoms with E-state index in [0.29, 0.717) is 4.91 Å². The van der Waals surface area contributed by atoms with E-state index in [2.05, 4.69) is 88.4 Å². The first-order valence-electron chi connectivity index (χ1n) is 10.8. The van der Waals surface area contributed by atoms with E-state index in [1.54, 1.807) is 0 Å². The van der Waals surface area contributed by atoms with Gasteiger partial charge in [0, 0.05) is 37.3 Å². The van der Waals surface area contributed by atoms with Gasteiger partial charge in [0.1, 0.15) is 0 Å². The van der Waals surface area contributed by atoms with Crippen LogP contribution in [0.5, 0.6) is 0 Å². The Balaban J connectivity index is 1.26. The molecule has 156 valence electrons. The Bertz CT molecular complexity index is 1170. The van der Waals surface area contributed by atoms with Gasteiger partial charge in [0.2, 0.25) is 0 Å². The van der Waals surface area contributed by atoms with Crippen molar-refractivity contribution in [1.29, 1.82) is 0 Å². The van der Waals surface area contributed by atoms with E-state index in [4.69, 9.17) is 0 Å². The number of rotatable bonds is 3. The molecule has 5 heteroatoms. The Labute approximate surface area is 187 Å². The third-order valence-electron chi connectivity index (χ3n) is 5.95. The van der Waals surface area contributed by atoms with E-state index in [0.717, 1.165) is 43.3 Å². The van der Waals surface area contributed by atoms with Crippen LogP contribution in [-0.2, 0) is 11.2 Å². The van der Waals surface area contributed by atoms with Gasteiger partial charge in [-0.3, -0.25) is 4.79 Å². The molecule has 0 saturated carbocycles. The molecule has 2 heterocycles. The maximum absolute atomic E-state index is 12.5.